The van der Waals surface area contributed by atoms with Crippen LogP contribution in [0.1, 0.15) is 11.7 Å². The Hall–Kier alpha value is -2.75. The molecule has 3 aromatic rings. The minimum absolute atomic E-state index is 0.0777. The molecule has 1 amide bonds. The fraction of sp³-hybridized carbons (Fsp3) is 0.286. The number of nitrogens with one attached hydrogen (secondary N) is 1. The molecule has 0 aliphatic heterocycles. The second kappa shape index (κ2) is 7.21. The van der Waals surface area contributed by atoms with Crippen LogP contribution in [0.3, 0.4) is 0 Å². The van der Waals surface area contributed by atoms with Gasteiger partial charge in [-0.15, -0.1) is 5.10 Å². The van der Waals surface area contributed by atoms with Crippen LogP contribution in [0.15, 0.2) is 34.2 Å². The molecule has 0 saturated heterocycles. The molecule has 124 valence electrons. The number of amides is 1. The molecule has 0 saturated carbocycles. The topological polar surface area (TPSA) is 114 Å². The number of rotatable bonds is 6. The fourth-order valence-corrected chi connectivity index (χ4v) is 2.64. The average molecular weight is 345 g/mol. The van der Waals surface area contributed by atoms with E-state index in [-0.39, 0.29) is 18.2 Å². The van der Waals surface area contributed by atoms with Gasteiger partial charge in [-0.2, -0.15) is 4.98 Å². The van der Waals surface area contributed by atoms with Crippen LogP contribution >= 0.6 is 11.8 Å². The summed E-state index contributed by atoms with van der Waals surface area (Å²) in [4.78, 5) is 26.0. The molecular formula is C14H15N7O2S. The summed E-state index contributed by atoms with van der Waals surface area (Å²) >= 11 is 1.27. The summed E-state index contributed by atoms with van der Waals surface area (Å²) in [6.45, 7) is 2.05. The number of thioether (sulfide) groups is 1. The SMILES string of the molecule is Cc1nc(SCC(=O)N(C)Cc2nc(-c3ccncc3)no2)n[nH]1. The number of carbonyl (C=O) groups is 1. The predicted molar refractivity (Wildman–Crippen MR) is 85.8 cm³/mol. The number of carbonyl (C=O) groups excluding carboxylic acids is 1. The molecule has 0 bridgehead atoms. The van der Waals surface area contributed by atoms with Crippen molar-refractivity contribution in [3.8, 4) is 11.4 Å². The summed E-state index contributed by atoms with van der Waals surface area (Å²) in [6, 6.07) is 3.58. The summed E-state index contributed by atoms with van der Waals surface area (Å²) in [6.07, 6.45) is 3.31. The molecule has 0 unspecified atom stereocenters. The highest BCUT2D eigenvalue weighted by Crippen LogP contribution is 2.16. The Morgan fingerprint density at radius 1 is 1.33 bits per heavy atom. The molecule has 0 aliphatic rings. The van der Waals surface area contributed by atoms with Crippen LogP contribution in [-0.4, -0.2) is 53.9 Å². The van der Waals surface area contributed by atoms with Crippen molar-refractivity contribution in [3.05, 3.63) is 36.2 Å². The van der Waals surface area contributed by atoms with Gasteiger partial charge >= 0.3 is 0 Å². The summed E-state index contributed by atoms with van der Waals surface area (Å²) < 4.78 is 5.19. The van der Waals surface area contributed by atoms with E-state index in [1.165, 1.54) is 16.7 Å². The number of nitrogens with zero attached hydrogens (tertiary/aromatic N) is 6. The second-order valence-corrected chi connectivity index (χ2v) is 5.93. The first kappa shape index (κ1) is 16.1. The lowest BCUT2D eigenvalue weighted by molar-refractivity contribution is -0.127. The van der Waals surface area contributed by atoms with Crippen molar-refractivity contribution in [2.45, 2.75) is 18.6 Å². The van der Waals surface area contributed by atoms with Crippen molar-refractivity contribution in [1.82, 2.24) is 35.2 Å². The Bertz CT molecular complexity index is 817. The number of aryl methyl sites for hydroxylation is 1. The van der Waals surface area contributed by atoms with Gasteiger partial charge in [-0.05, 0) is 19.1 Å². The fourth-order valence-electron chi connectivity index (χ4n) is 1.85. The zero-order valence-corrected chi connectivity index (χ0v) is 13.9. The van der Waals surface area contributed by atoms with Gasteiger partial charge in [-0.3, -0.25) is 14.9 Å². The Morgan fingerprint density at radius 2 is 2.12 bits per heavy atom. The predicted octanol–water partition coefficient (Wildman–Crippen LogP) is 1.31. The molecule has 3 heterocycles. The van der Waals surface area contributed by atoms with E-state index < -0.39 is 0 Å². The number of aromatic nitrogens is 6. The Balaban J connectivity index is 1.55. The molecule has 9 nitrogen and oxygen atoms in total. The molecular weight excluding hydrogens is 330 g/mol. The normalized spacial score (nSPS) is 10.8. The van der Waals surface area contributed by atoms with Crippen molar-refractivity contribution in [2.75, 3.05) is 12.8 Å². The first-order chi connectivity index (χ1) is 11.6. The van der Waals surface area contributed by atoms with Crippen LogP contribution in [0.25, 0.3) is 11.4 Å². The lowest BCUT2D eigenvalue weighted by Crippen LogP contribution is -2.28. The van der Waals surface area contributed by atoms with Crippen molar-refractivity contribution in [1.29, 1.82) is 0 Å². The smallest absolute Gasteiger partial charge is 0.246 e. The second-order valence-electron chi connectivity index (χ2n) is 4.99. The highest BCUT2D eigenvalue weighted by atomic mass is 32.2. The number of hydrogen-bond acceptors (Lipinski definition) is 8. The number of pyridine rings is 1. The van der Waals surface area contributed by atoms with E-state index in [0.717, 1.165) is 5.56 Å². The molecule has 1 N–H and O–H groups in total. The van der Waals surface area contributed by atoms with Crippen LogP contribution in [0.5, 0.6) is 0 Å². The average Bonchev–Trinajstić information content (AvgIpc) is 3.22. The maximum Gasteiger partial charge on any atom is 0.246 e. The highest BCUT2D eigenvalue weighted by Gasteiger charge is 2.15. The summed E-state index contributed by atoms with van der Waals surface area (Å²) in [7, 11) is 1.68. The zero-order chi connectivity index (χ0) is 16.9. The van der Waals surface area contributed by atoms with Gasteiger partial charge in [-0.1, -0.05) is 16.9 Å². The van der Waals surface area contributed by atoms with E-state index in [1.807, 2.05) is 0 Å². The van der Waals surface area contributed by atoms with Gasteiger partial charge in [0.05, 0.1) is 12.3 Å². The van der Waals surface area contributed by atoms with Crippen molar-refractivity contribution in [2.24, 2.45) is 0 Å². The number of H-pyrrole nitrogens is 1. The van der Waals surface area contributed by atoms with E-state index in [0.29, 0.717) is 22.7 Å². The van der Waals surface area contributed by atoms with Gasteiger partial charge < -0.3 is 9.42 Å². The van der Waals surface area contributed by atoms with Gasteiger partial charge in [0.25, 0.3) is 0 Å². The van der Waals surface area contributed by atoms with Crippen molar-refractivity contribution in [3.63, 3.8) is 0 Å². The molecule has 0 spiro atoms. The lowest BCUT2D eigenvalue weighted by atomic mass is 10.2. The standard InChI is InChI=1S/C14H15N7O2S/c1-9-16-14(19-18-9)24-8-12(22)21(2)7-11-17-13(20-23-11)10-3-5-15-6-4-10/h3-6H,7-8H2,1-2H3,(H,16,18,19). The first-order valence-electron chi connectivity index (χ1n) is 7.10. The van der Waals surface area contributed by atoms with Gasteiger partial charge in [0.15, 0.2) is 0 Å². The summed E-state index contributed by atoms with van der Waals surface area (Å²) in [5, 5.41) is 11.2. The van der Waals surface area contributed by atoms with Gasteiger partial charge in [0.1, 0.15) is 5.82 Å². The minimum atomic E-state index is -0.0777. The molecule has 24 heavy (non-hydrogen) atoms. The third-order valence-electron chi connectivity index (χ3n) is 3.11. The van der Waals surface area contributed by atoms with Crippen LogP contribution in [0.2, 0.25) is 0 Å². The molecule has 3 aromatic heterocycles. The quantitative estimate of drug-likeness (QED) is 0.665. The van der Waals surface area contributed by atoms with E-state index in [4.69, 9.17) is 4.52 Å². The summed E-state index contributed by atoms with van der Waals surface area (Å²) in [5.74, 6) is 1.72. The molecule has 0 fully saturated rings. The number of aromatic amines is 1. The minimum Gasteiger partial charge on any atom is -0.337 e. The van der Waals surface area contributed by atoms with E-state index in [2.05, 4.69) is 30.3 Å². The number of hydrogen-bond donors (Lipinski definition) is 1. The monoisotopic (exact) mass is 345 g/mol. The van der Waals surface area contributed by atoms with Gasteiger partial charge in [-0.25, -0.2) is 4.98 Å². The molecule has 0 aliphatic carbocycles. The van der Waals surface area contributed by atoms with Crippen LogP contribution in [-0.2, 0) is 11.3 Å². The van der Waals surface area contributed by atoms with E-state index >= 15 is 0 Å². The maximum absolute atomic E-state index is 12.1. The maximum atomic E-state index is 12.1. The molecule has 0 aromatic carbocycles. The molecule has 10 heteroatoms. The summed E-state index contributed by atoms with van der Waals surface area (Å²) in [5.41, 5.74) is 0.810. The molecule has 0 radical (unpaired) electrons. The van der Waals surface area contributed by atoms with Crippen LogP contribution in [0.4, 0.5) is 0 Å². The highest BCUT2D eigenvalue weighted by molar-refractivity contribution is 7.99. The van der Waals surface area contributed by atoms with Crippen molar-refractivity contribution < 1.29 is 9.32 Å². The Kier molecular flexibility index (Phi) is 4.85. The third kappa shape index (κ3) is 3.96. The Morgan fingerprint density at radius 3 is 2.83 bits per heavy atom. The van der Waals surface area contributed by atoms with Crippen LogP contribution < -0.4 is 0 Å². The lowest BCUT2D eigenvalue weighted by Gasteiger charge is -2.13. The van der Waals surface area contributed by atoms with E-state index in [9.17, 15) is 4.79 Å². The van der Waals surface area contributed by atoms with Crippen molar-refractivity contribution >= 4 is 17.7 Å². The third-order valence-corrected chi connectivity index (χ3v) is 3.94. The van der Waals surface area contributed by atoms with E-state index in [1.54, 1.807) is 38.5 Å². The first-order valence-corrected chi connectivity index (χ1v) is 8.09. The molecule has 0 atom stereocenters. The van der Waals surface area contributed by atoms with Gasteiger partial charge in [0.2, 0.25) is 22.8 Å². The Labute approximate surface area is 141 Å². The zero-order valence-electron chi connectivity index (χ0n) is 13.1. The van der Waals surface area contributed by atoms with Crippen LogP contribution in [0, 0.1) is 6.92 Å². The largest absolute Gasteiger partial charge is 0.337 e. The molecule has 3 rings (SSSR count). The van der Waals surface area contributed by atoms with Gasteiger partial charge in [0, 0.05) is 25.0 Å².